The number of benzene rings is 1. The summed E-state index contributed by atoms with van der Waals surface area (Å²) in [4.78, 5) is 0. The van der Waals surface area contributed by atoms with Gasteiger partial charge in [0.15, 0.2) is 0 Å². The lowest BCUT2D eigenvalue weighted by Crippen LogP contribution is -2.21. The first kappa shape index (κ1) is 13.6. The fourth-order valence-corrected chi connectivity index (χ4v) is 1.53. The molecule has 0 heterocycles. The summed E-state index contributed by atoms with van der Waals surface area (Å²) in [6, 6.07) is 6.21. The van der Waals surface area contributed by atoms with E-state index in [4.69, 9.17) is 9.47 Å². The normalized spacial score (nSPS) is 13.4. The molecule has 1 aromatic carbocycles. The zero-order chi connectivity index (χ0) is 12.8. The van der Waals surface area contributed by atoms with Crippen molar-refractivity contribution in [1.82, 2.24) is 5.32 Å². The predicted octanol–water partition coefficient (Wildman–Crippen LogP) is 2.72. The second-order valence-electron chi connectivity index (χ2n) is 4.04. The van der Waals surface area contributed by atoms with E-state index in [9.17, 15) is 0 Å². The van der Waals surface area contributed by atoms with E-state index in [0.29, 0.717) is 6.04 Å². The molecule has 0 amide bonds. The lowest BCUT2D eigenvalue weighted by molar-refractivity contribution is 0.394. The summed E-state index contributed by atoms with van der Waals surface area (Å²) < 4.78 is 10.5. The van der Waals surface area contributed by atoms with Gasteiger partial charge in [0.05, 0.1) is 14.2 Å². The summed E-state index contributed by atoms with van der Waals surface area (Å²) in [5, 5.41) is 3.21. The Morgan fingerprint density at radius 1 is 1.18 bits per heavy atom. The number of rotatable bonds is 5. The van der Waals surface area contributed by atoms with E-state index in [1.807, 2.05) is 25.2 Å². The monoisotopic (exact) mass is 235 g/mol. The van der Waals surface area contributed by atoms with Gasteiger partial charge in [0.1, 0.15) is 11.5 Å². The van der Waals surface area contributed by atoms with Crippen LogP contribution in [0.5, 0.6) is 11.5 Å². The standard InChI is InChI=1S/C14H21NO2/c1-10(11(2)15-3)6-12-7-13(16-4)9-14(8-12)17-5/h6-9,11,15H,1-5H3/b10-6+. The number of nitrogens with one attached hydrogen (secondary N) is 1. The fourth-order valence-electron chi connectivity index (χ4n) is 1.53. The molecule has 94 valence electrons. The first-order valence-electron chi connectivity index (χ1n) is 5.69. The van der Waals surface area contributed by atoms with E-state index in [2.05, 4.69) is 25.2 Å². The van der Waals surface area contributed by atoms with E-state index >= 15 is 0 Å². The molecule has 3 heteroatoms. The molecule has 0 fully saturated rings. The van der Waals surface area contributed by atoms with Crippen molar-refractivity contribution < 1.29 is 9.47 Å². The van der Waals surface area contributed by atoms with Gasteiger partial charge in [-0.2, -0.15) is 0 Å². The Morgan fingerprint density at radius 3 is 2.12 bits per heavy atom. The third-order valence-corrected chi connectivity index (χ3v) is 2.88. The van der Waals surface area contributed by atoms with E-state index < -0.39 is 0 Å². The molecule has 1 N–H and O–H groups in total. The highest BCUT2D eigenvalue weighted by Crippen LogP contribution is 2.24. The zero-order valence-electron chi connectivity index (χ0n) is 11.2. The van der Waals surface area contributed by atoms with Gasteiger partial charge >= 0.3 is 0 Å². The molecule has 0 spiro atoms. The Labute approximate surface area is 103 Å². The van der Waals surface area contributed by atoms with Crippen LogP contribution in [0.3, 0.4) is 0 Å². The molecule has 0 aromatic heterocycles. The van der Waals surface area contributed by atoms with Crippen molar-refractivity contribution in [2.45, 2.75) is 19.9 Å². The van der Waals surface area contributed by atoms with Gasteiger partial charge in [0.25, 0.3) is 0 Å². The van der Waals surface area contributed by atoms with E-state index in [0.717, 1.165) is 17.1 Å². The average molecular weight is 235 g/mol. The molecule has 17 heavy (non-hydrogen) atoms. The molecule has 1 unspecified atom stereocenters. The highest BCUT2D eigenvalue weighted by atomic mass is 16.5. The van der Waals surface area contributed by atoms with Crippen LogP contribution in [-0.2, 0) is 0 Å². The van der Waals surface area contributed by atoms with Gasteiger partial charge in [-0.3, -0.25) is 0 Å². The SMILES string of the molecule is CNC(C)/C(C)=C/c1cc(OC)cc(OC)c1. The Balaban J connectivity index is 3.05. The highest BCUT2D eigenvalue weighted by molar-refractivity contribution is 5.58. The Bertz CT molecular complexity index is 377. The predicted molar refractivity (Wildman–Crippen MR) is 71.7 cm³/mol. The molecule has 1 aromatic rings. The minimum atomic E-state index is 0.354. The largest absolute Gasteiger partial charge is 0.497 e. The summed E-state index contributed by atoms with van der Waals surface area (Å²) in [7, 11) is 5.27. The van der Waals surface area contributed by atoms with Crippen molar-refractivity contribution in [2.75, 3.05) is 21.3 Å². The molecule has 0 aliphatic heterocycles. The maximum atomic E-state index is 5.24. The topological polar surface area (TPSA) is 30.5 Å². The molecule has 0 aliphatic rings. The molecule has 0 saturated carbocycles. The van der Waals surface area contributed by atoms with Crippen LogP contribution in [-0.4, -0.2) is 27.3 Å². The number of likely N-dealkylation sites (N-methyl/N-ethyl adjacent to an activating group) is 1. The van der Waals surface area contributed by atoms with Crippen LogP contribution >= 0.6 is 0 Å². The molecule has 1 rings (SSSR count). The molecular weight excluding hydrogens is 214 g/mol. The number of methoxy groups -OCH3 is 2. The summed E-state index contributed by atoms with van der Waals surface area (Å²) in [6.07, 6.45) is 2.13. The van der Waals surface area contributed by atoms with Crippen LogP contribution in [0.4, 0.5) is 0 Å². The van der Waals surface area contributed by atoms with Crippen molar-refractivity contribution in [3.63, 3.8) is 0 Å². The third kappa shape index (κ3) is 3.79. The molecule has 0 bridgehead atoms. The maximum Gasteiger partial charge on any atom is 0.123 e. The van der Waals surface area contributed by atoms with Gasteiger partial charge in [-0.25, -0.2) is 0 Å². The fraction of sp³-hybridized carbons (Fsp3) is 0.429. The van der Waals surface area contributed by atoms with E-state index in [1.54, 1.807) is 14.2 Å². The molecular formula is C14H21NO2. The molecule has 0 saturated heterocycles. The van der Waals surface area contributed by atoms with Gasteiger partial charge in [0, 0.05) is 12.1 Å². The lowest BCUT2D eigenvalue weighted by atomic mass is 10.1. The lowest BCUT2D eigenvalue weighted by Gasteiger charge is -2.11. The summed E-state index contributed by atoms with van der Waals surface area (Å²) >= 11 is 0. The summed E-state index contributed by atoms with van der Waals surface area (Å²) in [5.41, 5.74) is 2.35. The number of hydrogen-bond donors (Lipinski definition) is 1. The van der Waals surface area contributed by atoms with E-state index in [1.165, 1.54) is 5.57 Å². The van der Waals surface area contributed by atoms with Crippen molar-refractivity contribution >= 4 is 6.08 Å². The minimum Gasteiger partial charge on any atom is -0.497 e. The van der Waals surface area contributed by atoms with Crippen LogP contribution in [0, 0.1) is 0 Å². The van der Waals surface area contributed by atoms with Crippen LogP contribution < -0.4 is 14.8 Å². The minimum absolute atomic E-state index is 0.354. The molecule has 3 nitrogen and oxygen atoms in total. The molecule has 0 aliphatic carbocycles. The van der Waals surface area contributed by atoms with Gasteiger partial charge in [0.2, 0.25) is 0 Å². The Morgan fingerprint density at radius 2 is 1.71 bits per heavy atom. The second-order valence-corrected chi connectivity index (χ2v) is 4.04. The molecule has 0 radical (unpaired) electrons. The first-order chi connectivity index (χ1) is 8.10. The van der Waals surface area contributed by atoms with Crippen molar-refractivity contribution in [3.8, 4) is 11.5 Å². The van der Waals surface area contributed by atoms with Crippen molar-refractivity contribution in [3.05, 3.63) is 29.3 Å². The van der Waals surface area contributed by atoms with Gasteiger partial charge in [-0.05, 0) is 38.6 Å². The van der Waals surface area contributed by atoms with Crippen LogP contribution in [0.2, 0.25) is 0 Å². The summed E-state index contributed by atoms with van der Waals surface area (Å²) in [5.74, 6) is 1.61. The van der Waals surface area contributed by atoms with Gasteiger partial charge in [-0.1, -0.05) is 11.6 Å². The highest BCUT2D eigenvalue weighted by Gasteiger charge is 2.03. The summed E-state index contributed by atoms with van der Waals surface area (Å²) in [6.45, 7) is 4.23. The Hall–Kier alpha value is -1.48. The average Bonchev–Trinajstić information content (AvgIpc) is 2.36. The smallest absolute Gasteiger partial charge is 0.123 e. The quantitative estimate of drug-likeness (QED) is 0.851. The van der Waals surface area contributed by atoms with Crippen LogP contribution in [0.25, 0.3) is 6.08 Å². The Kier molecular flexibility index (Phi) is 5.04. The third-order valence-electron chi connectivity index (χ3n) is 2.88. The van der Waals surface area contributed by atoms with Crippen LogP contribution in [0.15, 0.2) is 23.8 Å². The van der Waals surface area contributed by atoms with Crippen molar-refractivity contribution in [1.29, 1.82) is 0 Å². The van der Waals surface area contributed by atoms with Crippen LogP contribution in [0.1, 0.15) is 19.4 Å². The van der Waals surface area contributed by atoms with Crippen molar-refractivity contribution in [2.24, 2.45) is 0 Å². The first-order valence-corrected chi connectivity index (χ1v) is 5.69. The molecule has 1 atom stereocenters. The number of hydrogen-bond acceptors (Lipinski definition) is 3. The van der Waals surface area contributed by atoms with Gasteiger partial charge in [-0.15, -0.1) is 0 Å². The zero-order valence-corrected chi connectivity index (χ0v) is 11.2. The maximum absolute atomic E-state index is 5.24. The number of ether oxygens (including phenoxy) is 2. The van der Waals surface area contributed by atoms with Gasteiger partial charge < -0.3 is 14.8 Å². The second kappa shape index (κ2) is 6.30. The van der Waals surface area contributed by atoms with E-state index in [-0.39, 0.29) is 0 Å².